The SMILES string of the molecule is O=C(NS(=O)(=O)c1ccccc1)C1(c2ccc(Cl)cc2Cl)CC1. The first-order valence-electron chi connectivity index (χ1n) is 6.93. The fourth-order valence-corrected chi connectivity index (χ4v) is 4.16. The fourth-order valence-electron chi connectivity index (χ4n) is 2.50. The third kappa shape index (κ3) is 3.09. The van der Waals surface area contributed by atoms with Crippen molar-refractivity contribution in [3.05, 3.63) is 64.1 Å². The fraction of sp³-hybridized carbons (Fsp3) is 0.188. The van der Waals surface area contributed by atoms with E-state index < -0.39 is 21.3 Å². The van der Waals surface area contributed by atoms with E-state index in [4.69, 9.17) is 23.2 Å². The third-order valence-electron chi connectivity index (χ3n) is 3.91. The molecule has 120 valence electrons. The molecule has 4 nitrogen and oxygen atoms in total. The monoisotopic (exact) mass is 369 g/mol. The predicted molar refractivity (Wildman–Crippen MR) is 89.1 cm³/mol. The highest BCUT2D eigenvalue weighted by Crippen LogP contribution is 2.51. The summed E-state index contributed by atoms with van der Waals surface area (Å²) in [6.45, 7) is 0. The topological polar surface area (TPSA) is 63.2 Å². The van der Waals surface area contributed by atoms with Gasteiger partial charge >= 0.3 is 0 Å². The lowest BCUT2D eigenvalue weighted by atomic mass is 9.95. The normalized spacial score (nSPS) is 15.9. The molecule has 7 heteroatoms. The van der Waals surface area contributed by atoms with Crippen LogP contribution in [0.15, 0.2) is 53.4 Å². The zero-order valence-corrected chi connectivity index (χ0v) is 14.3. The van der Waals surface area contributed by atoms with Gasteiger partial charge in [-0.25, -0.2) is 13.1 Å². The van der Waals surface area contributed by atoms with Crippen LogP contribution in [0.25, 0.3) is 0 Å². The Kier molecular flexibility index (Phi) is 4.12. The number of sulfonamides is 1. The van der Waals surface area contributed by atoms with Crippen LogP contribution in [-0.4, -0.2) is 14.3 Å². The molecule has 0 aromatic heterocycles. The molecule has 2 aromatic rings. The highest BCUT2D eigenvalue weighted by atomic mass is 35.5. The lowest BCUT2D eigenvalue weighted by Crippen LogP contribution is -2.38. The van der Waals surface area contributed by atoms with Crippen LogP contribution >= 0.6 is 23.2 Å². The Balaban J connectivity index is 1.89. The molecule has 0 spiro atoms. The van der Waals surface area contributed by atoms with Crippen LogP contribution < -0.4 is 4.72 Å². The first-order valence-corrected chi connectivity index (χ1v) is 9.17. The molecule has 2 aromatic carbocycles. The van der Waals surface area contributed by atoms with E-state index in [1.807, 2.05) is 0 Å². The van der Waals surface area contributed by atoms with Crippen molar-refractivity contribution >= 4 is 39.1 Å². The van der Waals surface area contributed by atoms with Crippen molar-refractivity contribution in [1.29, 1.82) is 0 Å². The molecule has 0 radical (unpaired) electrons. The molecule has 1 fully saturated rings. The minimum absolute atomic E-state index is 0.0475. The number of hydrogen-bond donors (Lipinski definition) is 1. The Morgan fingerprint density at radius 1 is 1.04 bits per heavy atom. The second kappa shape index (κ2) is 5.82. The minimum atomic E-state index is -3.90. The van der Waals surface area contributed by atoms with Gasteiger partial charge in [-0.15, -0.1) is 0 Å². The minimum Gasteiger partial charge on any atom is -0.273 e. The maximum absolute atomic E-state index is 12.6. The molecule has 1 saturated carbocycles. The van der Waals surface area contributed by atoms with E-state index in [0.717, 1.165) is 0 Å². The molecule has 3 rings (SSSR count). The molecule has 23 heavy (non-hydrogen) atoms. The van der Waals surface area contributed by atoms with Crippen molar-refractivity contribution in [2.75, 3.05) is 0 Å². The summed E-state index contributed by atoms with van der Waals surface area (Å²) in [4.78, 5) is 12.6. The van der Waals surface area contributed by atoms with Gasteiger partial charge in [0.2, 0.25) is 5.91 Å². The number of nitrogens with one attached hydrogen (secondary N) is 1. The van der Waals surface area contributed by atoms with E-state index in [1.165, 1.54) is 12.1 Å². The first kappa shape index (κ1) is 16.3. The van der Waals surface area contributed by atoms with E-state index in [-0.39, 0.29) is 4.90 Å². The Bertz CT molecular complexity index is 862. The number of amides is 1. The highest BCUT2D eigenvalue weighted by Gasteiger charge is 2.53. The molecule has 0 heterocycles. The van der Waals surface area contributed by atoms with Crippen LogP contribution in [0.4, 0.5) is 0 Å². The van der Waals surface area contributed by atoms with Gasteiger partial charge in [-0.2, -0.15) is 0 Å². The second-order valence-electron chi connectivity index (χ2n) is 5.45. The zero-order chi connectivity index (χ0) is 16.7. The molecular formula is C16H13Cl2NO3S. The van der Waals surface area contributed by atoms with E-state index in [2.05, 4.69) is 4.72 Å². The number of rotatable bonds is 4. The molecule has 1 amide bonds. The van der Waals surface area contributed by atoms with Crippen LogP contribution in [0.2, 0.25) is 10.0 Å². The standard InChI is InChI=1S/C16H13Cl2NO3S/c17-11-6-7-13(14(18)10-11)16(8-9-16)15(20)19-23(21,22)12-4-2-1-3-5-12/h1-7,10H,8-9H2,(H,19,20). The van der Waals surface area contributed by atoms with Crippen molar-refractivity contribution in [1.82, 2.24) is 4.72 Å². The van der Waals surface area contributed by atoms with Gasteiger partial charge in [-0.05, 0) is 42.7 Å². The quantitative estimate of drug-likeness (QED) is 0.896. The number of hydrogen-bond acceptors (Lipinski definition) is 3. The number of carbonyl (C=O) groups is 1. The van der Waals surface area contributed by atoms with E-state index in [1.54, 1.807) is 36.4 Å². The van der Waals surface area contributed by atoms with E-state index in [9.17, 15) is 13.2 Å². The molecular weight excluding hydrogens is 357 g/mol. The van der Waals surface area contributed by atoms with Gasteiger partial charge in [-0.1, -0.05) is 47.5 Å². The highest BCUT2D eigenvalue weighted by molar-refractivity contribution is 7.90. The summed E-state index contributed by atoms with van der Waals surface area (Å²) in [5, 5.41) is 0.828. The molecule has 0 aliphatic heterocycles. The van der Waals surface area contributed by atoms with Crippen LogP contribution in [-0.2, 0) is 20.2 Å². The average molecular weight is 370 g/mol. The largest absolute Gasteiger partial charge is 0.273 e. The summed E-state index contributed by atoms with van der Waals surface area (Å²) in [5.74, 6) is -0.564. The maximum atomic E-state index is 12.6. The maximum Gasteiger partial charge on any atom is 0.264 e. The van der Waals surface area contributed by atoms with Gasteiger partial charge in [0.25, 0.3) is 10.0 Å². The summed E-state index contributed by atoms with van der Waals surface area (Å²) < 4.78 is 26.8. The van der Waals surface area contributed by atoms with Gasteiger partial charge in [-0.3, -0.25) is 4.79 Å². The molecule has 0 bridgehead atoms. The van der Waals surface area contributed by atoms with Gasteiger partial charge < -0.3 is 0 Å². The van der Waals surface area contributed by atoms with Crippen LogP contribution in [0, 0.1) is 0 Å². The summed E-state index contributed by atoms with van der Waals surface area (Å²) in [6.07, 6.45) is 1.09. The summed E-state index contributed by atoms with van der Waals surface area (Å²) >= 11 is 12.0. The number of benzene rings is 2. The van der Waals surface area contributed by atoms with Gasteiger partial charge in [0, 0.05) is 10.0 Å². The Morgan fingerprint density at radius 2 is 1.70 bits per heavy atom. The second-order valence-corrected chi connectivity index (χ2v) is 7.98. The van der Waals surface area contributed by atoms with E-state index in [0.29, 0.717) is 28.5 Å². The lowest BCUT2D eigenvalue weighted by molar-refractivity contribution is -0.121. The molecule has 0 saturated heterocycles. The smallest absolute Gasteiger partial charge is 0.264 e. The van der Waals surface area contributed by atoms with Gasteiger partial charge in [0.05, 0.1) is 10.3 Å². The van der Waals surface area contributed by atoms with Crippen LogP contribution in [0.3, 0.4) is 0 Å². The van der Waals surface area contributed by atoms with E-state index >= 15 is 0 Å². The van der Waals surface area contributed by atoms with Crippen LogP contribution in [0.1, 0.15) is 18.4 Å². The van der Waals surface area contributed by atoms with Crippen molar-refractivity contribution < 1.29 is 13.2 Å². The lowest BCUT2D eigenvalue weighted by Gasteiger charge is -2.17. The Hall–Kier alpha value is -1.56. The van der Waals surface area contributed by atoms with Crippen molar-refractivity contribution in [3.8, 4) is 0 Å². The van der Waals surface area contributed by atoms with Gasteiger partial charge in [0.15, 0.2) is 0 Å². The van der Waals surface area contributed by atoms with Crippen molar-refractivity contribution in [3.63, 3.8) is 0 Å². The summed E-state index contributed by atoms with van der Waals surface area (Å²) in [6, 6.07) is 12.6. The molecule has 1 aliphatic carbocycles. The predicted octanol–water partition coefficient (Wildman–Crippen LogP) is 3.53. The zero-order valence-electron chi connectivity index (χ0n) is 11.9. The van der Waals surface area contributed by atoms with Crippen molar-refractivity contribution in [2.24, 2.45) is 0 Å². The van der Waals surface area contributed by atoms with Gasteiger partial charge in [0.1, 0.15) is 0 Å². The average Bonchev–Trinajstić information content (AvgIpc) is 3.29. The Morgan fingerprint density at radius 3 is 2.26 bits per heavy atom. The van der Waals surface area contributed by atoms with Crippen molar-refractivity contribution in [2.45, 2.75) is 23.2 Å². The Labute approximate surface area is 144 Å². The van der Waals surface area contributed by atoms with Crippen LogP contribution in [0.5, 0.6) is 0 Å². The number of halogens is 2. The number of carbonyl (C=O) groups excluding carboxylic acids is 1. The first-order chi connectivity index (χ1) is 10.8. The molecule has 1 aliphatic rings. The summed E-state index contributed by atoms with van der Waals surface area (Å²) in [7, 11) is -3.90. The molecule has 1 N–H and O–H groups in total. The summed E-state index contributed by atoms with van der Waals surface area (Å²) in [5.41, 5.74) is -0.298. The molecule has 0 unspecified atom stereocenters. The molecule has 0 atom stereocenters. The third-order valence-corrected chi connectivity index (χ3v) is 5.81.